The monoisotopic (exact) mass is 393 g/mol. The lowest BCUT2D eigenvalue weighted by molar-refractivity contribution is -0.139. The normalized spacial score (nSPS) is 23.5. The molecule has 0 saturated carbocycles. The van der Waals surface area contributed by atoms with Gasteiger partial charge in [0.1, 0.15) is 0 Å². The van der Waals surface area contributed by atoms with Crippen molar-refractivity contribution < 1.29 is 14.3 Å². The van der Waals surface area contributed by atoms with Crippen molar-refractivity contribution in [2.75, 3.05) is 53.9 Å². The molecule has 27 heavy (non-hydrogen) atoms. The molecule has 0 radical (unpaired) electrons. The summed E-state index contributed by atoms with van der Waals surface area (Å²) in [4.78, 5) is 33.4. The van der Waals surface area contributed by atoms with Crippen LogP contribution in [0.15, 0.2) is 12.1 Å². The SMILES string of the molecule is COCc1ccc(C(=O)N2CCCC3(CCC(=O)N(CCN(C)C)C3)C2)s1. The first-order valence-corrected chi connectivity index (χ1v) is 10.5. The van der Waals surface area contributed by atoms with Gasteiger partial charge in [0.15, 0.2) is 0 Å². The van der Waals surface area contributed by atoms with E-state index in [9.17, 15) is 9.59 Å². The molecule has 0 N–H and O–H groups in total. The predicted molar refractivity (Wildman–Crippen MR) is 107 cm³/mol. The molecule has 0 aromatic carbocycles. The predicted octanol–water partition coefficient (Wildman–Crippen LogP) is 2.30. The molecular formula is C20H31N3O3S. The van der Waals surface area contributed by atoms with Gasteiger partial charge < -0.3 is 19.4 Å². The molecule has 2 fully saturated rings. The van der Waals surface area contributed by atoms with Crippen LogP contribution in [-0.2, 0) is 16.1 Å². The van der Waals surface area contributed by atoms with E-state index >= 15 is 0 Å². The molecule has 1 spiro atoms. The third-order valence-corrected chi connectivity index (χ3v) is 6.72. The van der Waals surface area contributed by atoms with Gasteiger partial charge in [-0.15, -0.1) is 11.3 Å². The molecule has 7 heteroatoms. The summed E-state index contributed by atoms with van der Waals surface area (Å²) in [6, 6.07) is 3.89. The lowest BCUT2D eigenvalue weighted by Crippen LogP contribution is -2.55. The van der Waals surface area contributed by atoms with Gasteiger partial charge in [-0.3, -0.25) is 9.59 Å². The Morgan fingerprint density at radius 1 is 1.30 bits per heavy atom. The number of piperidine rings is 2. The van der Waals surface area contributed by atoms with Crippen molar-refractivity contribution in [2.45, 2.75) is 32.3 Å². The van der Waals surface area contributed by atoms with E-state index in [1.54, 1.807) is 7.11 Å². The van der Waals surface area contributed by atoms with Crippen LogP contribution >= 0.6 is 11.3 Å². The van der Waals surface area contributed by atoms with Crippen LogP contribution in [0, 0.1) is 5.41 Å². The number of likely N-dealkylation sites (N-methyl/N-ethyl adjacent to an activating group) is 1. The summed E-state index contributed by atoms with van der Waals surface area (Å²) in [5, 5.41) is 0. The van der Waals surface area contributed by atoms with E-state index in [2.05, 4.69) is 4.90 Å². The maximum atomic E-state index is 13.0. The fourth-order valence-corrected chi connectivity index (χ4v) is 5.16. The van der Waals surface area contributed by atoms with Gasteiger partial charge in [-0.05, 0) is 45.5 Å². The van der Waals surface area contributed by atoms with E-state index in [1.807, 2.05) is 36.0 Å². The van der Waals surface area contributed by atoms with Crippen LogP contribution in [0.25, 0.3) is 0 Å². The zero-order valence-corrected chi connectivity index (χ0v) is 17.5. The number of rotatable bonds is 6. The van der Waals surface area contributed by atoms with Crippen molar-refractivity contribution in [2.24, 2.45) is 5.41 Å². The van der Waals surface area contributed by atoms with E-state index in [1.165, 1.54) is 11.3 Å². The Morgan fingerprint density at radius 3 is 2.85 bits per heavy atom. The molecule has 2 saturated heterocycles. The van der Waals surface area contributed by atoms with Crippen molar-refractivity contribution in [3.05, 3.63) is 21.9 Å². The van der Waals surface area contributed by atoms with E-state index in [0.717, 1.165) is 61.7 Å². The van der Waals surface area contributed by atoms with Crippen LogP contribution in [0.4, 0.5) is 0 Å². The number of ether oxygens (including phenoxy) is 1. The summed E-state index contributed by atoms with van der Waals surface area (Å²) in [7, 11) is 5.73. The first-order chi connectivity index (χ1) is 12.9. The van der Waals surface area contributed by atoms with Crippen LogP contribution in [0.3, 0.4) is 0 Å². The van der Waals surface area contributed by atoms with Crippen LogP contribution in [0.1, 0.15) is 40.2 Å². The molecular weight excluding hydrogens is 362 g/mol. The van der Waals surface area contributed by atoms with Crippen LogP contribution in [0.2, 0.25) is 0 Å². The number of methoxy groups -OCH3 is 1. The minimum absolute atomic E-state index is 0.0563. The minimum Gasteiger partial charge on any atom is -0.379 e. The zero-order chi connectivity index (χ0) is 19.4. The Labute approximate surface area is 166 Å². The molecule has 1 aromatic rings. The quantitative estimate of drug-likeness (QED) is 0.744. The average Bonchev–Trinajstić information content (AvgIpc) is 3.11. The second-order valence-corrected chi connectivity index (χ2v) is 9.32. The first-order valence-electron chi connectivity index (χ1n) is 9.72. The lowest BCUT2D eigenvalue weighted by Gasteiger charge is -2.48. The highest BCUT2D eigenvalue weighted by Crippen LogP contribution is 2.39. The molecule has 3 heterocycles. The van der Waals surface area contributed by atoms with Gasteiger partial charge in [0.25, 0.3) is 5.91 Å². The van der Waals surface area contributed by atoms with E-state index in [-0.39, 0.29) is 17.2 Å². The smallest absolute Gasteiger partial charge is 0.263 e. The Hall–Kier alpha value is -1.44. The molecule has 6 nitrogen and oxygen atoms in total. The molecule has 2 aliphatic rings. The van der Waals surface area contributed by atoms with Crippen LogP contribution in [-0.4, -0.2) is 80.4 Å². The van der Waals surface area contributed by atoms with Crippen molar-refractivity contribution in [1.29, 1.82) is 0 Å². The summed E-state index contributed by atoms with van der Waals surface area (Å²) in [5.41, 5.74) is 0.0563. The number of carbonyl (C=O) groups is 2. The number of thiophene rings is 1. The summed E-state index contributed by atoms with van der Waals surface area (Å²) >= 11 is 1.52. The largest absolute Gasteiger partial charge is 0.379 e. The number of nitrogens with zero attached hydrogens (tertiary/aromatic N) is 3. The molecule has 1 atom stereocenters. The Kier molecular flexibility index (Phi) is 6.55. The summed E-state index contributed by atoms with van der Waals surface area (Å²) in [6.07, 6.45) is 3.61. The standard InChI is InChI=1S/C20H31N3O3S/c1-21(2)11-12-22-14-20(9-7-18(22)24)8-4-10-23(15-20)19(25)17-6-5-16(27-17)13-26-3/h5-6H,4,7-15H2,1-3H3. The molecule has 2 amide bonds. The topological polar surface area (TPSA) is 53.1 Å². The summed E-state index contributed by atoms with van der Waals surface area (Å²) in [5.74, 6) is 0.381. The van der Waals surface area contributed by atoms with Gasteiger partial charge in [-0.25, -0.2) is 0 Å². The summed E-state index contributed by atoms with van der Waals surface area (Å²) in [6.45, 7) is 4.54. The van der Waals surface area contributed by atoms with Gasteiger partial charge in [0.05, 0.1) is 11.5 Å². The van der Waals surface area contributed by atoms with Crippen LogP contribution in [0.5, 0.6) is 0 Å². The molecule has 1 unspecified atom stereocenters. The highest BCUT2D eigenvalue weighted by molar-refractivity contribution is 7.14. The Balaban J connectivity index is 1.66. The molecule has 0 aliphatic carbocycles. The fourth-order valence-electron chi connectivity index (χ4n) is 4.21. The Morgan fingerprint density at radius 2 is 2.11 bits per heavy atom. The maximum Gasteiger partial charge on any atom is 0.263 e. The number of hydrogen-bond donors (Lipinski definition) is 0. The second-order valence-electron chi connectivity index (χ2n) is 8.15. The van der Waals surface area contributed by atoms with Gasteiger partial charge in [-0.2, -0.15) is 0 Å². The second kappa shape index (κ2) is 8.71. The van der Waals surface area contributed by atoms with Crippen molar-refractivity contribution in [3.63, 3.8) is 0 Å². The highest BCUT2D eigenvalue weighted by Gasteiger charge is 2.42. The van der Waals surface area contributed by atoms with Gasteiger partial charge >= 0.3 is 0 Å². The van der Waals surface area contributed by atoms with E-state index in [0.29, 0.717) is 13.0 Å². The third kappa shape index (κ3) is 4.89. The van der Waals surface area contributed by atoms with Crippen LogP contribution < -0.4 is 0 Å². The van der Waals surface area contributed by atoms with E-state index < -0.39 is 0 Å². The van der Waals surface area contributed by atoms with Gasteiger partial charge in [0.2, 0.25) is 5.91 Å². The number of hydrogen-bond acceptors (Lipinski definition) is 5. The zero-order valence-electron chi connectivity index (χ0n) is 16.7. The average molecular weight is 394 g/mol. The van der Waals surface area contributed by atoms with Gasteiger partial charge in [0, 0.05) is 56.5 Å². The van der Waals surface area contributed by atoms with Crippen molar-refractivity contribution in [1.82, 2.24) is 14.7 Å². The molecule has 150 valence electrons. The summed E-state index contributed by atoms with van der Waals surface area (Å²) < 4.78 is 5.16. The van der Waals surface area contributed by atoms with Crippen molar-refractivity contribution in [3.8, 4) is 0 Å². The molecule has 2 aliphatic heterocycles. The highest BCUT2D eigenvalue weighted by atomic mass is 32.1. The number of carbonyl (C=O) groups excluding carboxylic acids is 2. The lowest BCUT2D eigenvalue weighted by atomic mass is 9.73. The molecule has 0 bridgehead atoms. The molecule has 3 rings (SSSR count). The molecule has 1 aromatic heterocycles. The number of likely N-dealkylation sites (tertiary alicyclic amines) is 2. The van der Waals surface area contributed by atoms with Gasteiger partial charge in [-0.1, -0.05) is 0 Å². The Bertz CT molecular complexity index is 675. The minimum atomic E-state index is 0.0563. The third-order valence-electron chi connectivity index (χ3n) is 5.67. The maximum absolute atomic E-state index is 13.0. The first kappa shape index (κ1) is 20.3. The van der Waals surface area contributed by atoms with Crippen molar-refractivity contribution >= 4 is 23.2 Å². The van der Waals surface area contributed by atoms with E-state index in [4.69, 9.17) is 4.74 Å². The fraction of sp³-hybridized carbons (Fsp3) is 0.700. The number of amides is 2.